The molecule has 0 spiro atoms. The zero-order valence-electron chi connectivity index (χ0n) is 16.9. The van der Waals surface area contributed by atoms with E-state index in [4.69, 9.17) is 28.9 Å². The predicted molar refractivity (Wildman–Crippen MR) is 118 cm³/mol. The van der Waals surface area contributed by atoms with E-state index in [0.29, 0.717) is 12.8 Å². The van der Waals surface area contributed by atoms with Crippen molar-refractivity contribution in [3.8, 4) is 0 Å². The first-order valence-corrected chi connectivity index (χ1v) is 10.6. The molecular formula is C20H25Cl2FN4O3. The van der Waals surface area contributed by atoms with Crippen LogP contribution in [0.15, 0.2) is 21.7 Å². The number of nitrogens with zero attached hydrogens (tertiary/aromatic N) is 2. The van der Waals surface area contributed by atoms with E-state index in [9.17, 15) is 18.8 Å². The third-order valence-electron chi connectivity index (χ3n) is 4.69. The number of aromatic nitrogens is 2. The molecular weight excluding hydrogens is 434 g/mol. The number of carbonyl (C=O) groups is 1. The van der Waals surface area contributed by atoms with Crippen molar-refractivity contribution in [2.24, 2.45) is 0 Å². The molecule has 10 heteroatoms. The van der Waals surface area contributed by atoms with Gasteiger partial charge < -0.3 is 10.6 Å². The molecule has 0 radical (unpaired) electrons. The average molecular weight is 459 g/mol. The van der Waals surface area contributed by atoms with Crippen LogP contribution >= 0.6 is 23.2 Å². The molecule has 0 aliphatic carbocycles. The number of aromatic amines is 1. The van der Waals surface area contributed by atoms with E-state index in [1.165, 1.54) is 4.57 Å². The normalized spacial score (nSPS) is 11.0. The summed E-state index contributed by atoms with van der Waals surface area (Å²) >= 11 is 11.9. The van der Waals surface area contributed by atoms with Crippen molar-refractivity contribution in [1.82, 2.24) is 9.55 Å². The Morgan fingerprint density at radius 1 is 1.13 bits per heavy atom. The summed E-state index contributed by atoms with van der Waals surface area (Å²) < 4.78 is 15.2. The molecule has 1 heterocycles. The number of H-pyrrole nitrogens is 1. The van der Waals surface area contributed by atoms with Crippen molar-refractivity contribution in [1.29, 1.82) is 0 Å². The van der Waals surface area contributed by atoms with E-state index in [1.54, 1.807) is 0 Å². The minimum atomic E-state index is -0.812. The topological polar surface area (TPSA) is 101 Å². The molecule has 164 valence electrons. The molecule has 3 N–H and O–H groups in total. The number of halogens is 3. The monoisotopic (exact) mass is 458 g/mol. The smallest absolute Gasteiger partial charge is 0.330 e. The van der Waals surface area contributed by atoms with Gasteiger partial charge in [0.1, 0.15) is 11.6 Å². The largest absolute Gasteiger partial charge is 0.383 e. The summed E-state index contributed by atoms with van der Waals surface area (Å²) in [7, 11) is 0. The van der Waals surface area contributed by atoms with Crippen LogP contribution in [0.5, 0.6) is 0 Å². The number of benzene rings is 1. The number of rotatable bonds is 9. The maximum atomic E-state index is 14.0. The van der Waals surface area contributed by atoms with Crippen molar-refractivity contribution in [2.45, 2.75) is 52.5 Å². The summed E-state index contributed by atoms with van der Waals surface area (Å²) in [4.78, 5) is 41.5. The van der Waals surface area contributed by atoms with Gasteiger partial charge in [-0.3, -0.25) is 19.1 Å². The van der Waals surface area contributed by atoms with E-state index >= 15 is 0 Å². The molecule has 2 rings (SSSR count). The number of nitrogens with one attached hydrogen (secondary N) is 1. The first-order chi connectivity index (χ1) is 14.2. The second-order valence-electron chi connectivity index (χ2n) is 6.91. The Morgan fingerprint density at radius 3 is 2.43 bits per heavy atom. The lowest BCUT2D eigenvalue weighted by atomic mass is 10.1. The van der Waals surface area contributed by atoms with E-state index in [2.05, 4.69) is 4.98 Å². The Kier molecular flexibility index (Phi) is 8.49. The summed E-state index contributed by atoms with van der Waals surface area (Å²) in [6.45, 7) is 4.37. The highest BCUT2D eigenvalue weighted by Crippen LogP contribution is 2.28. The fourth-order valence-electron chi connectivity index (χ4n) is 3.04. The number of anilines is 2. The molecule has 0 atom stereocenters. The van der Waals surface area contributed by atoms with Crippen LogP contribution in [0.2, 0.25) is 10.0 Å². The number of hydrogen-bond acceptors (Lipinski definition) is 4. The zero-order chi connectivity index (χ0) is 22.4. The van der Waals surface area contributed by atoms with Gasteiger partial charge in [-0.15, -0.1) is 0 Å². The number of nitrogen functional groups attached to an aromatic ring is 1. The molecule has 7 nitrogen and oxygen atoms in total. The fourth-order valence-corrected chi connectivity index (χ4v) is 3.51. The van der Waals surface area contributed by atoms with Crippen molar-refractivity contribution < 1.29 is 9.18 Å². The predicted octanol–water partition coefficient (Wildman–Crippen LogP) is 4.20. The van der Waals surface area contributed by atoms with Crippen LogP contribution in [-0.2, 0) is 6.54 Å². The number of amides is 1. The zero-order valence-corrected chi connectivity index (χ0v) is 18.4. The molecule has 0 saturated heterocycles. The van der Waals surface area contributed by atoms with Gasteiger partial charge in [0.25, 0.3) is 11.5 Å². The Bertz CT molecular complexity index is 1040. The fraction of sp³-hybridized carbons (Fsp3) is 0.450. The van der Waals surface area contributed by atoms with Crippen LogP contribution in [-0.4, -0.2) is 22.0 Å². The highest BCUT2D eigenvalue weighted by Gasteiger charge is 2.27. The standard InChI is InChI=1S/C20H25Cl2FN4O3/c1-3-5-7-9-26(19(29)12-10-15(23)14(22)11-13(12)21)16-17(24)27(8-6-4-2)20(30)25-18(16)28/h10-11H,3-9,24H2,1-2H3,(H,25,28,30). The third kappa shape index (κ3) is 5.23. The SMILES string of the molecule is CCCCCN(C(=O)c1cc(F)c(Cl)cc1Cl)c1c(N)n(CCCC)c(=O)[nH]c1=O. The Labute approximate surface area is 183 Å². The molecule has 0 aliphatic rings. The minimum Gasteiger partial charge on any atom is -0.383 e. The molecule has 1 aromatic heterocycles. The van der Waals surface area contributed by atoms with Crippen molar-refractivity contribution in [2.75, 3.05) is 17.2 Å². The average Bonchev–Trinajstić information content (AvgIpc) is 2.68. The Morgan fingerprint density at radius 2 is 1.80 bits per heavy atom. The molecule has 2 aromatic rings. The molecule has 1 aromatic carbocycles. The quantitative estimate of drug-likeness (QED) is 0.434. The van der Waals surface area contributed by atoms with Crippen molar-refractivity contribution in [3.63, 3.8) is 0 Å². The summed E-state index contributed by atoms with van der Waals surface area (Å²) in [6, 6.07) is 2.06. The van der Waals surface area contributed by atoms with Crippen LogP contribution in [0.3, 0.4) is 0 Å². The van der Waals surface area contributed by atoms with Gasteiger partial charge in [0.15, 0.2) is 5.69 Å². The summed E-state index contributed by atoms with van der Waals surface area (Å²) in [6.07, 6.45) is 3.70. The lowest BCUT2D eigenvalue weighted by Gasteiger charge is -2.25. The lowest BCUT2D eigenvalue weighted by Crippen LogP contribution is -2.41. The first-order valence-electron chi connectivity index (χ1n) is 9.81. The van der Waals surface area contributed by atoms with Crippen LogP contribution < -0.4 is 21.9 Å². The molecule has 0 aliphatic heterocycles. The van der Waals surface area contributed by atoms with Gasteiger partial charge in [0.05, 0.1) is 15.6 Å². The van der Waals surface area contributed by atoms with Gasteiger partial charge in [-0.2, -0.15) is 0 Å². The summed E-state index contributed by atoms with van der Waals surface area (Å²) in [5, 5.41) is -0.277. The van der Waals surface area contributed by atoms with Gasteiger partial charge in [-0.25, -0.2) is 9.18 Å². The number of unbranched alkanes of at least 4 members (excludes halogenated alkanes) is 3. The minimum absolute atomic E-state index is 0.0544. The molecule has 30 heavy (non-hydrogen) atoms. The summed E-state index contributed by atoms with van der Waals surface area (Å²) in [5.74, 6) is -1.63. The number of carbonyl (C=O) groups excluding carboxylic acids is 1. The molecule has 1 amide bonds. The molecule has 0 unspecified atom stereocenters. The number of hydrogen-bond donors (Lipinski definition) is 2. The second-order valence-corrected chi connectivity index (χ2v) is 7.72. The molecule has 0 saturated carbocycles. The van der Waals surface area contributed by atoms with E-state index in [-0.39, 0.29) is 40.2 Å². The summed E-state index contributed by atoms with van der Waals surface area (Å²) in [5.41, 5.74) is 4.41. The Hall–Kier alpha value is -2.32. The van der Waals surface area contributed by atoms with Crippen LogP contribution in [0, 0.1) is 5.82 Å². The highest BCUT2D eigenvalue weighted by molar-refractivity contribution is 6.37. The first kappa shape index (κ1) is 24.0. The third-order valence-corrected chi connectivity index (χ3v) is 5.29. The number of nitrogens with two attached hydrogens (primary N) is 1. The van der Waals surface area contributed by atoms with Gasteiger partial charge in [-0.05, 0) is 25.0 Å². The van der Waals surface area contributed by atoms with Gasteiger partial charge in [0.2, 0.25) is 0 Å². The second kappa shape index (κ2) is 10.6. The van der Waals surface area contributed by atoms with Gasteiger partial charge in [0, 0.05) is 13.1 Å². The molecule has 0 fully saturated rings. The van der Waals surface area contributed by atoms with E-state index < -0.39 is 23.0 Å². The molecule has 0 bridgehead atoms. The van der Waals surface area contributed by atoms with Crippen LogP contribution in [0.25, 0.3) is 0 Å². The Balaban J connectivity index is 2.62. The maximum Gasteiger partial charge on any atom is 0.330 e. The van der Waals surface area contributed by atoms with Crippen LogP contribution in [0.4, 0.5) is 15.9 Å². The van der Waals surface area contributed by atoms with E-state index in [0.717, 1.165) is 36.3 Å². The highest BCUT2D eigenvalue weighted by atomic mass is 35.5. The maximum absolute atomic E-state index is 14.0. The van der Waals surface area contributed by atoms with Crippen molar-refractivity contribution in [3.05, 3.63) is 54.4 Å². The van der Waals surface area contributed by atoms with Gasteiger partial charge >= 0.3 is 5.69 Å². The van der Waals surface area contributed by atoms with Gasteiger partial charge in [-0.1, -0.05) is 56.3 Å². The van der Waals surface area contributed by atoms with E-state index in [1.807, 2.05) is 13.8 Å². The lowest BCUT2D eigenvalue weighted by molar-refractivity contribution is 0.0985. The van der Waals surface area contributed by atoms with Crippen LogP contribution in [0.1, 0.15) is 56.3 Å². The van der Waals surface area contributed by atoms with Crippen molar-refractivity contribution >= 4 is 40.6 Å².